The highest BCUT2D eigenvalue weighted by Gasteiger charge is 2.10. The lowest BCUT2D eigenvalue weighted by atomic mass is 10.1. The van der Waals surface area contributed by atoms with E-state index in [9.17, 15) is 0 Å². The van der Waals surface area contributed by atoms with Gasteiger partial charge in [-0.3, -0.25) is 0 Å². The van der Waals surface area contributed by atoms with Crippen LogP contribution in [0.15, 0.2) is 18.2 Å². The molecule has 0 saturated heterocycles. The molecule has 0 aliphatic carbocycles. The monoisotopic (exact) mass is 367 g/mol. The van der Waals surface area contributed by atoms with Crippen molar-refractivity contribution >= 4 is 28.4 Å². The molecule has 0 amide bonds. The molecule has 0 aliphatic heterocycles. The number of aromatic nitrogens is 2. The number of aryl methyl sites for hydroxylation is 3. The summed E-state index contributed by atoms with van der Waals surface area (Å²) in [4.78, 5) is 9.23. The van der Waals surface area contributed by atoms with E-state index < -0.39 is 0 Å². The minimum atomic E-state index is 0.789. The van der Waals surface area contributed by atoms with Gasteiger partial charge in [-0.1, -0.05) is 12.1 Å². The molecule has 2 aromatic rings. The predicted molar refractivity (Wildman–Crippen MR) is 88.6 cm³/mol. The molecule has 100 valence electrons. The molecule has 4 heteroatoms. The lowest BCUT2D eigenvalue weighted by Gasteiger charge is -2.11. The normalized spacial score (nSPS) is 10.6. The smallest absolute Gasteiger partial charge is 0.161 e. The predicted octanol–water partition coefficient (Wildman–Crippen LogP) is 4.11. The second kappa shape index (κ2) is 5.86. The standard InChI is InChI=1S/C15H18IN3/c1-5-17-15-13(16)11(4)18-14(19-15)12-7-6-9(2)10(3)8-12/h6-8H,5H2,1-4H3,(H,17,18,19). The molecule has 0 unspecified atom stereocenters. The summed E-state index contributed by atoms with van der Waals surface area (Å²) in [5, 5.41) is 3.29. The van der Waals surface area contributed by atoms with Crippen LogP contribution in [-0.4, -0.2) is 16.5 Å². The zero-order valence-corrected chi connectivity index (χ0v) is 13.9. The molecule has 0 bridgehead atoms. The number of halogens is 1. The fourth-order valence-corrected chi connectivity index (χ4v) is 2.29. The van der Waals surface area contributed by atoms with E-state index in [0.717, 1.165) is 33.0 Å². The Hall–Kier alpha value is -1.17. The zero-order valence-electron chi connectivity index (χ0n) is 11.7. The molecule has 3 nitrogen and oxygen atoms in total. The average Bonchev–Trinajstić information content (AvgIpc) is 2.38. The van der Waals surface area contributed by atoms with Crippen LogP contribution < -0.4 is 5.32 Å². The van der Waals surface area contributed by atoms with Gasteiger partial charge < -0.3 is 5.32 Å². The van der Waals surface area contributed by atoms with Crippen LogP contribution in [0.2, 0.25) is 0 Å². The van der Waals surface area contributed by atoms with Crippen LogP contribution in [0.3, 0.4) is 0 Å². The molecule has 1 heterocycles. The summed E-state index contributed by atoms with van der Waals surface area (Å²) in [7, 11) is 0. The van der Waals surface area contributed by atoms with Crippen molar-refractivity contribution in [3.63, 3.8) is 0 Å². The van der Waals surface area contributed by atoms with Gasteiger partial charge in [0.2, 0.25) is 0 Å². The quantitative estimate of drug-likeness (QED) is 0.830. The molecule has 0 spiro atoms. The van der Waals surface area contributed by atoms with E-state index in [1.165, 1.54) is 11.1 Å². The third kappa shape index (κ3) is 3.05. The van der Waals surface area contributed by atoms with Gasteiger partial charge in [0.1, 0.15) is 5.82 Å². The van der Waals surface area contributed by atoms with Crippen molar-refractivity contribution in [2.75, 3.05) is 11.9 Å². The first-order chi connectivity index (χ1) is 9.02. The SMILES string of the molecule is CCNc1nc(-c2ccc(C)c(C)c2)nc(C)c1I. The Morgan fingerprint density at radius 1 is 1.11 bits per heavy atom. The van der Waals surface area contributed by atoms with Crippen molar-refractivity contribution < 1.29 is 0 Å². The Morgan fingerprint density at radius 2 is 1.84 bits per heavy atom. The molecule has 0 atom stereocenters. The molecule has 0 fully saturated rings. The van der Waals surface area contributed by atoms with E-state index in [0.29, 0.717) is 0 Å². The molecule has 0 aliphatic rings. The third-order valence-electron chi connectivity index (χ3n) is 3.13. The van der Waals surface area contributed by atoms with Crippen molar-refractivity contribution in [2.24, 2.45) is 0 Å². The summed E-state index contributed by atoms with van der Waals surface area (Å²) in [5.41, 5.74) is 4.64. The van der Waals surface area contributed by atoms with Crippen molar-refractivity contribution in [1.82, 2.24) is 9.97 Å². The number of nitrogens with zero attached hydrogens (tertiary/aromatic N) is 2. The highest BCUT2D eigenvalue weighted by atomic mass is 127. The van der Waals surface area contributed by atoms with Crippen LogP contribution >= 0.6 is 22.6 Å². The average molecular weight is 367 g/mol. The molecule has 2 rings (SSSR count). The van der Waals surface area contributed by atoms with E-state index in [4.69, 9.17) is 0 Å². The summed E-state index contributed by atoms with van der Waals surface area (Å²) in [6.45, 7) is 9.18. The van der Waals surface area contributed by atoms with Crippen LogP contribution in [0.5, 0.6) is 0 Å². The van der Waals surface area contributed by atoms with Crippen molar-refractivity contribution in [3.05, 3.63) is 38.6 Å². The van der Waals surface area contributed by atoms with Gasteiger partial charge in [-0.15, -0.1) is 0 Å². The van der Waals surface area contributed by atoms with Gasteiger partial charge in [0.05, 0.1) is 9.26 Å². The first kappa shape index (κ1) is 14.2. The van der Waals surface area contributed by atoms with E-state index in [1.807, 2.05) is 6.92 Å². The fraction of sp³-hybridized carbons (Fsp3) is 0.333. The highest BCUT2D eigenvalue weighted by Crippen LogP contribution is 2.24. The van der Waals surface area contributed by atoms with Crippen molar-refractivity contribution in [1.29, 1.82) is 0 Å². The van der Waals surface area contributed by atoms with Gasteiger partial charge in [-0.25, -0.2) is 9.97 Å². The Labute approximate surface area is 128 Å². The van der Waals surface area contributed by atoms with Crippen molar-refractivity contribution in [2.45, 2.75) is 27.7 Å². The third-order valence-corrected chi connectivity index (χ3v) is 4.42. The van der Waals surface area contributed by atoms with E-state index in [-0.39, 0.29) is 0 Å². The van der Waals surface area contributed by atoms with Crippen LogP contribution in [-0.2, 0) is 0 Å². The molecular weight excluding hydrogens is 349 g/mol. The lowest BCUT2D eigenvalue weighted by Crippen LogP contribution is -2.06. The molecule has 0 saturated carbocycles. The Bertz CT molecular complexity index is 609. The maximum atomic E-state index is 4.63. The zero-order chi connectivity index (χ0) is 14.0. The van der Waals surface area contributed by atoms with Gasteiger partial charge in [-0.2, -0.15) is 0 Å². The van der Waals surface area contributed by atoms with Crippen LogP contribution in [0.1, 0.15) is 23.7 Å². The number of hydrogen-bond acceptors (Lipinski definition) is 3. The summed E-state index contributed by atoms with van der Waals surface area (Å²) in [6.07, 6.45) is 0. The van der Waals surface area contributed by atoms with E-state index >= 15 is 0 Å². The Balaban J connectivity index is 2.52. The maximum Gasteiger partial charge on any atom is 0.161 e. The van der Waals surface area contributed by atoms with Gasteiger partial charge in [0.25, 0.3) is 0 Å². The number of hydrogen-bond donors (Lipinski definition) is 1. The first-order valence-corrected chi connectivity index (χ1v) is 7.46. The second-order valence-electron chi connectivity index (χ2n) is 4.62. The minimum Gasteiger partial charge on any atom is -0.369 e. The second-order valence-corrected chi connectivity index (χ2v) is 5.70. The molecule has 1 N–H and O–H groups in total. The lowest BCUT2D eigenvalue weighted by molar-refractivity contribution is 1.06. The number of anilines is 1. The number of rotatable bonds is 3. The van der Waals surface area contributed by atoms with Crippen LogP contribution in [0.25, 0.3) is 11.4 Å². The maximum absolute atomic E-state index is 4.63. The summed E-state index contributed by atoms with van der Waals surface area (Å²) in [6, 6.07) is 6.35. The first-order valence-electron chi connectivity index (χ1n) is 6.38. The summed E-state index contributed by atoms with van der Waals surface area (Å²) < 4.78 is 1.09. The van der Waals surface area contributed by atoms with E-state index in [1.54, 1.807) is 0 Å². The molecule has 0 radical (unpaired) electrons. The Kier molecular flexibility index (Phi) is 4.39. The minimum absolute atomic E-state index is 0.789. The van der Waals surface area contributed by atoms with Crippen LogP contribution in [0, 0.1) is 24.3 Å². The molecule has 1 aromatic carbocycles. The molecular formula is C15H18IN3. The number of nitrogens with one attached hydrogen (secondary N) is 1. The van der Waals surface area contributed by atoms with Gasteiger partial charge in [-0.05, 0) is 67.5 Å². The molecule has 1 aromatic heterocycles. The Morgan fingerprint density at radius 3 is 2.47 bits per heavy atom. The van der Waals surface area contributed by atoms with Gasteiger partial charge in [0, 0.05) is 12.1 Å². The van der Waals surface area contributed by atoms with Crippen molar-refractivity contribution in [3.8, 4) is 11.4 Å². The molecule has 19 heavy (non-hydrogen) atoms. The summed E-state index contributed by atoms with van der Waals surface area (Å²) in [5.74, 6) is 1.71. The van der Waals surface area contributed by atoms with Gasteiger partial charge >= 0.3 is 0 Å². The topological polar surface area (TPSA) is 37.8 Å². The highest BCUT2D eigenvalue weighted by molar-refractivity contribution is 14.1. The summed E-state index contributed by atoms with van der Waals surface area (Å²) >= 11 is 2.29. The number of benzene rings is 1. The van der Waals surface area contributed by atoms with Gasteiger partial charge in [0.15, 0.2) is 5.82 Å². The van der Waals surface area contributed by atoms with Crippen LogP contribution in [0.4, 0.5) is 5.82 Å². The largest absolute Gasteiger partial charge is 0.369 e. The fourth-order valence-electron chi connectivity index (χ4n) is 1.85. The van der Waals surface area contributed by atoms with E-state index in [2.05, 4.69) is 76.8 Å².